The average Bonchev–Trinajstić information content (AvgIpc) is 2.37. The molecule has 1 aromatic heterocycles. The molecule has 0 aliphatic heterocycles. The minimum Gasteiger partial charge on any atom is -0.495 e. The van der Waals surface area contributed by atoms with Crippen molar-refractivity contribution in [1.29, 1.82) is 0 Å². The Morgan fingerprint density at radius 2 is 2.12 bits per heavy atom. The van der Waals surface area contributed by atoms with Crippen molar-refractivity contribution in [3.63, 3.8) is 0 Å². The molecular formula is C11H18N2O3. The van der Waals surface area contributed by atoms with Crippen LogP contribution in [0, 0.1) is 0 Å². The number of rotatable bonds is 5. The van der Waals surface area contributed by atoms with Gasteiger partial charge in [0.15, 0.2) is 0 Å². The summed E-state index contributed by atoms with van der Waals surface area (Å²) in [6, 6.07) is 1.74. The van der Waals surface area contributed by atoms with Crippen molar-refractivity contribution < 1.29 is 14.6 Å². The van der Waals surface area contributed by atoms with Gasteiger partial charge in [-0.25, -0.2) is 4.98 Å². The largest absolute Gasteiger partial charge is 0.495 e. The number of hydrogen-bond donors (Lipinski definition) is 2. The minimum atomic E-state index is -0.554. The third-order valence-corrected chi connectivity index (χ3v) is 2.72. The molecule has 1 unspecified atom stereocenters. The van der Waals surface area contributed by atoms with E-state index in [0.29, 0.717) is 18.2 Å². The summed E-state index contributed by atoms with van der Waals surface area (Å²) in [5.41, 5.74) is 5.93. The maximum Gasteiger partial charge on any atom is 0.213 e. The van der Waals surface area contributed by atoms with Gasteiger partial charge in [-0.3, -0.25) is 0 Å². The lowest BCUT2D eigenvalue weighted by Gasteiger charge is -2.27. The summed E-state index contributed by atoms with van der Waals surface area (Å²) in [5, 5.41) is 9.43. The zero-order valence-electron chi connectivity index (χ0n) is 9.86. The zero-order valence-corrected chi connectivity index (χ0v) is 9.86. The summed E-state index contributed by atoms with van der Waals surface area (Å²) >= 11 is 0. The van der Waals surface area contributed by atoms with Gasteiger partial charge in [-0.15, -0.1) is 0 Å². The Balaban J connectivity index is 3.27. The normalized spacial score (nSPS) is 14.3. The number of ether oxygens (including phenoxy) is 2. The number of pyridine rings is 1. The van der Waals surface area contributed by atoms with Gasteiger partial charge in [0.2, 0.25) is 5.88 Å². The van der Waals surface area contributed by atoms with Crippen LogP contribution in [0.15, 0.2) is 12.3 Å². The molecule has 0 saturated carbocycles. The molecule has 5 nitrogen and oxygen atoms in total. The van der Waals surface area contributed by atoms with E-state index in [0.717, 1.165) is 5.56 Å². The van der Waals surface area contributed by atoms with Gasteiger partial charge >= 0.3 is 0 Å². The number of methoxy groups -OCH3 is 2. The topological polar surface area (TPSA) is 77.6 Å². The van der Waals surface area contributed by atoms with E-state index in [1.807, 2.05) is 6.92 Å². The highest BCUT2D eigenvalue weighted by Crippen LogP contribution is 2.32. The first-order valence-corrected chi connectivity index (χ1v) is 5.00. The molecule has 1 heterocycles. The highest BCUT2D eigenvalue weighted by molar-refractivity contribution is 5.41. The number of hydrogen-bond acceptors (Lipinski definition) is 5. The maximum atomic E-state index is 9.43. The van der Waals surface area contributed by atoms with Crippen molar-refractivity contribution in [2.24, 2.45) is 5.73 Å². The lowest BCUT2D eigenvalue weighted by molar-refractivity contribution is 0.206. The van der Waals surface area contributed by atoms with Crippen LogP contribution in [0.5, 0.6) is 11.6 Å². The van der Waals surface area contributed by atoms with E-state index in [1.54, 1.807) is 19.4 Å². The van der Waals surface area contributed by atoms with Crippen molar-refractivity contribution in [2.45, 2.75) is 12.3 Å². The van der Waals surface area contributed by atoms with Crippen molar-refractivity contribution in [3.05, 3.63) is 17.8 Å². The molecule has 5 heteroatoms. The maximum absolute atomic E-state index is 9.43. The number of aromatic nitrogens is 1. The summed E-state index contributed by atoms with van der Waals surface area (Å²) in [5.74, 6) is 1.08. The summed E-state index contributed by atoms with van der Waals surface area (Å²) in [6.07, 6.45) is 1.57. The van der Waals surface area contributed by atoms with Crippen LogP contribution in [0.25, 0.3) is 0 Å². The first-order chi connectivity index (χ1) is 7.61. The molecule has 0 aliphatic carbocycles. The molecular weight excluding hydrogens is 208 g/mol. The molecule has 1 rings (SSSR count). The second kappa shape index (κ2) is 5.14. The molecule has 0 spiro atoms. The molecule has 16 heavy (non-hydrogen) atoms. The third-order valence-electron chi connectivity index (χ3n) is 2.72. The van der Waals surface area contributed by atoms with Crippen molar-refractivity contribution in [2.75, 3.05) is 27.4 Å². The predicted octanol–water partition coefficient (Wildman–Crippen LogP) is 0.307. The first kappa shape index (κ1) is 12.7. The fraction of sp³-hybridized carbons (Fsp3) is 0.545. The van der Waals surface area contributed by atoms with Gasteiger partial charge in [-0.1, -0.05) is 6.92 Å². The Labute approximate surface area is 95.2 Å². The van der Waals surface area contributed by atoms with E-state index in [1.165, 1.54) is 7.11 Å². The van der Waals surface area contributed by atoms with Crippen LogP contribution in [0.1, 0.15) is 12.5 Å². The van der Waals surface area contributed by atoms with Crippen molar-refractivity contribution >= 4 is 0 Å². The Morgan fingerprint density at radius 3 is 2.56 bits per heavy atom. The fourth-order valence-electron chi connectivity index (χ4n) is 1.43. The Kier molecular flexibility index (Phi) is 4.09. The summed E-state index contributed by atoms with van der Waals surface area (Å²) in [6.45, 7) is 2.12. The second-order valence-electron chi connectivity index (χ2n) is 3.85. The van der Waals surface area contributed by atoms with E-state index in [-0.39, 0.29) is 6.61 Å². The highest BCUT2D eigenvalue weighted by atomic mass is 16.5. The smallest absolute Gasteiger partial charge is 0.213 e. The predicted molar refractivity (Wildman–Crippen MR) is 60.8 cm³/mol. The molecule has 0 aromatic carbocycles. The van der Waals surface area contributed by atoms with Crippen LogP contribution in [-0.4, -0.2) is 37.5 Å². The van der Waals surface area contributed by atoms with Gasteiger partial charge in [0.1, 0.15) is 5.75 Å². The molecule has 0 bridgehead atoms. The molecule has 0 fully saturated rings. The number of aliphatic hydroxyl groups excluding tert-OH is 1. The Bertz CT molecular complexity index is 351. The number of nitrogens with zero attached hydrogens (tertiary/aromatic N) is 1. The third kappa shape index (κ3) is 2.25. The number of aliphatic hydroxyl groups is 1. The van der Waals surface area contributed by atoms with Gasteiger partial charge in [0.25, 0.3) is 0 Å². The molecule has 0 saturated heterocycles. The Morgan fingerprint density at radius 1 is 1.44 bits per heavy atom. The van der Waals surface area contributed by atoms with Crippen LogP contribution >= 0.6 is 0 Å². The highest BCUT2D eigenvalue weighted by Gasteiger charge is 2.28. The van der Waals surface area contributed by atoms with E-state index < -0.39 is 5.41 Å². The molecule has 1 atom stereocenters. The monoisotopic (exact) mass is 226 g/mol. The summed E-state index contributed by atoms with van der Waals surface area (Å²) in [4.78, 5) is 4.04. The van der Waals surface area contributed by atoms with Crippen LogP contribution in [0.4, 0.5) is 0 Å². The average molecular weight is 226 g/mol. The van der Waals surface area contributed by atoms with Gasteiger partial charge in [-0.2, -0.15) is 0 Å². The van der Waals surface area contributed by atoms with Crippen LogP contribution in [-0.2, 0) is 5.41 Å². The van der Waals surface area contributed by atoms with Gasteiger partial charge < -0.3 is 20.3 Å². The SMILES string of the molecule is COc1cc(C(C)(CN)CO)c(OC)cn1. The quantitative estimate of drug-likeness (QED) is 0.755. The summed E-state index contributed by atoms with van der Waals surface area (Å²) < 4.78 is 10.3. The fourth-order valence-corrected chi connectivity index (χ4v) is 1.43. The van der Waals surface area contributed by atoms with E-state index in [9.17, 15) is 5.11 Å². The first-order valence-electron chi connectivity index (χ1n) is 5.00. The minimum absolute atomic E-state index is 0.0625. The molecule has 3 N–H and O–H groups in total. The molecule has 90 valence electrons. The van der Waals surface area contributed by atoms with Gasteiger partial charge in [0.05, 0.1) is 27.0 Å². The van der Waals surface area contributed by atoms with E-state index >= 15 is 0 Å². The molecule has 0 radical (unpaired) electrons. The van der Waals surface area contributed by atoms with Crippen LogP contribution in [0.2, 0.25) is 0 Å². The lowest BCUT2D eigenvalue weighted by Crippen LogP contribution is -2.36. The zero-order chi connectivity index (χ0) is 12.2. The van der Waals surface area contributed by atoms with E-state index in [2.05, 4.69) is 4.98 Å². The molecule has 0 amide bonds. The van der Waals surface area contributed by atoms with Gasteiger partial charge in [-0.05, 0) is 0 Å². The van der Waals surface area contributed by atoms with Crippen molar-refractivity contribution in [3.8, 4) is 11.6 Å². The molecule has 0 aliphatic rings. The van der Waals surface area contributed by atoms with E-state index in [4.69, 9.17) is 15.2 Å². The van der Waals surface area contributed by atoms with Gasteiger partial charge in [0, 0.05) is 23.6 Å². The van der Waals surface area contributed by atoms with Crippen LogP contribution in [0.3, 0.4) is 0 Å². The number of nitrogens with two attached hydrogens (primary N) is 1. The Hall–Kier alpha value is -1.33. The van der Waals surface area contributed by atoms with Crippen LogP contribution < -0.4 is 15.2 Å². The van der Waals surface area contributed by atoms with Crippen molar-refractivity contribution in [1.82, 2.24) is 4.98 Å². The molecule has 1 aromatic rings. The lowest BCUT2D eigenvalue weighted by atomic mass is 9.83. The summed E-state index contributed by atoms with van der Waals surface area (Å²) in [7, 11) is 3.10. The second-order valence-corrected chi connectivity index (χ2v) is 3.85. The standard InChI is InChI=1S/C11H18N2O3/c1-11(6-12,7-14)8-4-10(16-3)13-5-9(8)15-2/h4-5,14H,6-7,12H2,1-3H3.